The Morgan fingerprint density at radius 2 is 0.436 bits per heavy atom. The van der Waals surface area contributed by atoms with Crippen LogP contribution in [-0.2, 0) is 10.8 Å². The Morgan fingerprint density at radius 1 is 0.205 bits per heavy atom. The molecule has 0 radical (unpaired) electrons. The van der Waals surface area contributed by atoms with Crippen molar-refractivity contribution < 1.29 is 0 Å². The van der Waals surface area contributed by atoms with E-state index in [1.165, 1.54) is 66.8 Å². The van der Waals surface area contributed by atoms with E-state index in [0.717, 1.165) is 45.3 Å². The zero-order valence-corrected chi connectivity index (χ0v) is 43.1. The molecule has 0 heterocycles. The van der Waals surface area contributed by atoms with Gasteiger partial charge in [0.15, 0.2) is 0 Å². The molecule has 2 aliphatic carbocycles. The molecule has 12 aromatic carbocycles. The molecule has 78 heavy (non-hydrogen) atoms. The van der Waals surface area contributed by atoms with Crippen molar-refractivity contribution in [2.75, 3.05) is 9.80 Å². The summed E-state index contributed by atoms with van der Waals surface area (Å²) in [6.45, 7) is 0. The molecule has 0 aromatic heterocycles. The fourth-order valence-electron chi connectivity index (χ4n) is 12.9. The van der Waals surface area contributed by atoms with Gasteiger partial charge in [0, 0.05) is 34.1 Å². The first kappa shape index (κ1) is 46.5. The molecule has 0 saturated carbocycles. The third-order valence-electron chi connectivity index (χ3n) is 16.2. The summed E-state index contributed by atoms with van der Waals surface area (Å²) in [5, 5.41) is 0. The van der Waals surface area contributed by atoms with E-state index in [4.69, 9.17) is 0 Å². The Bertz CT molecular complexity index is 3680. The van der Waals surface area contributed by atoms with Crippen molar-refractivity contribution in [1.29, 1.82) is 0 Å². The van der Waals surface area contributed by atoms with Crippen LogP contribution in [0.25, 0.3) is 34.4 Å². The van der Waals surface area contributed by atoms with Crippen molar-refractivity contribution in [3.8, 4) is 22.3 Å². The molecule has 14 rings (SSSR count). The SMILES string of the molecule is C(=C\c1ccc2c(c1)C(c1ccccc1)(c1ccccc1)c1cc(N(c3ccccc3)c3ccccc3)ccc1-2)/c1ccc2c(c1)C(c1ccccc1)(c1ccccc1)c1cc(N(c3ccccc3)c3ccccc3)ccc1-2. The molecule has 0 saturated heterocycles. The molecule has 0 aliphatic heterocycles. The number of fused-ring (bicyclic) bond motifs is 6. The van der Waals surface area contributed by atoms with Crippen LogP contribution in [0.4, 0.5) is 34.1 Å². The Balaban J connectivity index is 0.921. The number of anilines is 6. The molecule has 0 atom stereocenters. The van der Waals surface area contributed by atoms with Crippen molar-refractivity contribution in [3.05, 3.63) is 371 Å². The van der Waals surface area contributed by atoms with E-state index >= 15 is 0 Å². The highest BCUT2D eigenvalue weighted by Gasteiger charge is 2.48. The van der Waals surface area contributed by atoms with Gasteiger partial charge in [-0.15, -0.1) is 0 Å². The maximum absolute atomic E-state index is 2.45. The van der Waals surface area contributed by atoms with Crippen LogP contribution in [0.15, 0.2) is 315 Å². The molecule has 2 heteroatoms. The van der Waals surface area contributed by atoms with E-state index in [0.29, 0.717) is 0 Å². The lowest BCUT2D eigenvalue weighted by Gasteiger charge is -2.35. The summed E-state index contributed by atoms with van der Waals surface area (Å²) in [4.78, 5) is 4.75. The number of hydrogen-bond acceptors (Lipinski definition) is 2. The molecule has 2 nitrogen and oxygen atoms in total. The third-order valence-corrected chi connectivity index (χ3v) is 16.2. The van der Waals surface area contributed by atoms with Gasteiger partial charge in [-0.2, -0.15) is 0 Å². The predicted octanol–water partition coefficient (Wildman–Crippen LogP) is 19.5. The van der Waals surface area contributed by atoms with Crippen molar-refractivity contribution in [3.63, 3.8) is 0 Å². The largest absolute Gasteiger partial charge is 0.310 e. The van der Waals surface area contributed by atoms with Crippen LogP contribution in [0, 0.1) is 0 Å². The lowest BCUT2D eigenvalue weighted by molar-refractivity contribution is 0.768. The fraction of sp³-hybridized carbons (Fsp3) is 0.0263. The van der Waals surface area contributed by atoms with E-state index in [1.807, 2.05) is 0 Å². The van der Waals surface area contributed by atoms with Gasteiger partial charge in [0.1, 0.15) is 0 Å². The molecule has 0 fully saturated rings. The third kappa shape index (κ3) is 7.64. The van der Waals surface area contributed by atoms with Gasteiger partial charge in [-0.25, -0.2) is 0 Å². The summed E-state index contributed by atoms with van der Waals surface area (Å²) >= 11 is 0. The highest BCUT2D eigenvalue weighted by atomic mass is 15.1. The summed E-state index contributed by atoms with van der Waals surface area (Å²) in [6, 6.07) is 116. The van der Waals surface area contributed by atoms with E-state index in [-0.39, 0.29) is 0 Å². The monoisotopic (exact) mass is 994 g/mol. The average molecular weight is 995 g/mol. The zero-order chi connectivity index (χ0) is 51.9. The minimum atomic E-state index is -0.605. The van der Waals surface area contributed by atoms with Gasteiger partial charge in [0.05, 0.1) is 10.8 Å². The predicted molar refractivity (Wildman–Crippen MR) is 326 cm³/mol. The molecule has 0 spiro atoms. The lowest BCUT2D eigenvalue weighted by atomic mass is 9.67. The Kier molecular flexibility index (Phi) is 11.7. The van der Waals surface area contributed by atoms with Crippen LogP contribution >= 0.6 is 0 Å². The molecule has 2 aliphatic rings. The molecule has 368 valence electrons. The van der Waals surface area contributed by atoms with E-state index in [2.05, 4.69) is 337 Å². The Morgan fingerprint density at radius 3 is 0.705 bits per heavy atom. The quantitative estimate of drug-likeness (QED) is 0.113. The van der Waals surface area contributed by atoms with Crippen LogP contribution < -0.4 is 9.80 Å². The second-order valence-electron chi connectivity index (χ2n) is 20.4. The number of nitrogens with zero attached hydrogens (tertiary/aromatic N) is 2. The van der Waals surface area contributed by atoms with Crippen LogP contribution in [-0.4, -0.2) is 0 Å². The summed E-state index contributed by atoms with van der Waals surface area (Å²) in [5.74, 6) is 0. The number of benzene rings is 12. The minimum Gasteiger partial charge on any atom is -0.310 e. The highest BCUT2D eigenvalue weighted by Crippen LogP contribution is 2.59. The summed E-state index contributed by atoms with van der Waals surface area (Å²) < 4.78 is 0. The maximum atomic E-state index is 2.45. The lowest BCUT2D eigenvalue weighted by Crippen LogP contribution is -2.29. The topological polar surface area (TPSA) is 6.48 Å². The number of rotatable bonds is 12. The van der Waals surface area contributed by atoms with Crippen LogP contribution in [0.3, 0.4) is 0 Å². The van der Waals surface area contributed by atoms with Crippen LogP contribution in [0.1, 0.15) is 55.6 Å². The molecule has 0 N–H and O–H groups in total. The van der Waals surface area contributed by atoms with Crippen molar-refractivity contribution in [2.45, 2.75) is 10.8 Å². The molecular weight excluding hydrogens is 941 g/mol. The molecule has 0 amide bonds. The standard InChI is InChI=1S/C76H54N2/c1-9-25-57(26-10-1)75(58-27-11-2-12-28-58)71-51-55(43-47-67(71)69-49-45-65(53-73(69)75)77(61-33-17-5-18-34-61)62-35-19-6-20-36-62)41-42-56-44-48-68-70-50-46-66(78(63-37-21-7-22-38-63)64-39-23-8-24-40-64)54-74(70)76(72(68)52-56,59-29-13-3-14-30-59)60-31-15-4-16-32-60/h1-54H/b42-41+. The fourth-order valence-corrected chi connectivity index (χ4v) is 12.9. The van der Waals surface area contributed by atoms with Gasteiger partial charge >= 0.3 is 0 Å². The smallest absolute Gasteiger partial charge is 0.0714 e. The minimum absolute atomic E-state index is 0.605. The van der Waals surface area contributed by atoms with E-state index in [1.54, 1.807) is 0 Å². The maximum Gasteiger partial charge on any atom is 0.0714 e. The van der Waals surface area contributed by atoms with Crippen molar-refractivity contribution in [1.82, 2.24) is 0 Å². The Hall–Kier alpha value is -10.0. The van der Waals surface area contributed by atoms with Crippen LogP contribution in [0.5, 0.6) is 0 Å². The van der Waals surface area contributed by atoms with Crippen molar-refractivity contribution in [2.24, 2.45) is 0 Å². The van der Waals surface area contributed by atoms with Gasteiger partial charge in [0.2, 0.25) is 0 Å². The number of para-hydroxylation sites is 4. The molecule has 0 bridgehead atoms. The van der Waals surface area contributed by atoms with Crippen LogP contribution in [0.2, 0.25) is 0 Å². The first-order chi connectivity index (χ1) is 38.7. The highest BCUT2D eigenvalue weighted by molar-refractivity contribution is 5.93. The average Bonchev–Trinajstić information content (AvgIpc) is 3.57. The van der Waals surface area contributed by atoms with Gasteiger partial charge in [0.25, 0.3) is 0 Å². The summed E-state index contributed by atoms with van der Waals surface area (Å²) in [5.41, 5.74) is 22.7. The molecule has 12 aromatic rings. The normalized spacial score (nSPS) is 13.3. The number of hydrogen-bond donors (Lipinski definition) is 0. The Labute approximate surface area is 457 Å². The first-order valence-corrected chi connectivity index (χ1v) is 27.0. The summed E-state index contributed by atoms with van der Waals surface area (Å²) in [6.07, 6.45) is 4.63. The molecular formula is C76H54N2. The molecule has 0 unspecified atom stereocenters. The van der Waals surface area contributed by atoms with Crippen molar-refractivity contribution >= 4 is 46.3 Å². The summed E-state index contributed by atoms with van der Waals surface area (Å²) in [7, 11) is 0. The van der Waals surface area contributed by atoms with Gasteiger partial charge < -0.3 is 9.80 Å². The van der Waals surface area contributed by atoms with E-state index in [9.17, 15) is 0 Å². The van der Waals surface area contributed by atoms with Gasteiger partial charge in [-0.05, 0) is 163 Å². The zero-order valence-electron chi connectivity index (χ0n) is 43.1. The second-order valence-corrected chi connectivity index (χ2v) is 20.4. The first-order valence-electron chi connectivity index (χ1n) is 27.0. The second kappa shape index (κ2) is 19.6. The van der Waals surface area contributed by atoms with E-state index < -0.39 is 10.8 Å². The van der Waals surface area contributed by atoms with Gasteiger partial charge in [-0.3, -0.25) is 0 Å². The van der Waals surface area contributed by atoms with Gasteiger partial charge in [-0.1, -0.05) is 243 Å².